The van der Waals surface area contributed by atoms with E-state index in [4.69, 9.17) is 4.74 Å². The maximum Gasteiger partial charge on any atom is 0.310 e. The molecule has 0 N–H and O–H groups in total. The number of esters is 1. The van der Waals surface area contributed by atoms with Gasteiger partial charge < -0.3 is 9.64 Å². The van der Waals surface area contributed by atoms with E-state index >= 15 is 0 Å². The Bertz CT molecular complexity index is 404. The second kappa shape index (κ2) is 4.84. The maximum absolute atomic E-state index is 11.3. The minimum absolute atomic E-state index is 0.195. The van der Waals surface area contributed by atoms with E-state index in [1.54, 1.807) is 0 Å². The van der Waals surface area contributed by atoms with Crippen LogP contribution in [0, 0.1) is 0 Å². The second-order valence-electron chi connectivity index (χ2n) is 3.76. The highest BCUT2D eigenvalue weighted by Crippen LogP contribution is 2.22. The van der Waals surface area contributed by atoms with Crippen molar-refractivity contribution in [2.24, 2.45) is 0 Å². The first-order chi connectivity index (χ1) is 7.81. The van der Waals surface area contributed by atoms with Crippen LogP contribution < -0.4 is 4.90 Å². The van der Waals surface area contributed by atoms with Gasteiger partial charge >= 0.3 is 5.97 Å². The minimum Gasteiger partial charge on any atom is -0.469 e. The summed E-state index contributed by atoms with van der Waals surface area (Å²) in [5, 5.41) is 0. The molecule has 0 fully saturated rings. The molecule has 1 aliphatic heterocycles. The van der Waals surface area contributed by atoms with Crippen molar-refractivity contribution in [1.82, 2.24) is 0 Å². The fourth-order valence-corrected chi connectivity index (χ4v) is 1.87. The average molecular weight is 217 g/mol. The summed E-state index contributed by atoms with van der Waals surface area (Å²) in [6.45, 7) is 1.83. The molecular formula is C13H15NO2. The summed E-state index contributed by atoms with van der Waals surface area (Å²) in [5.74, 6) is -0.195. The van der Waals surface area contributed by atoms with Gasteiger partial charge in [-0.05, 0) is 11.6 Å². The third kappa shape index (κ3) is 2.24. The number of methoxy groups -OCH3 is 1. The number of ether oxygens (including phenoxy) is 1. The van der Waals surface area contributed by atoms with Crippen LogP contribution in [0.15, 0.2) is 36.4 Å². The summed E-state index contributed by atoms with van der Waals surface area (Å²) in [7, 11) is 1.42. The van der Waals surface area contributed by atoms with Gasteiger partial charge in [-0.15, -0.1) is 0 Å². The van der Waals surface area contributed by atoms with Crippen molar-refractivity contribution >= 4 is 11.7 Å². The van der Waals surface area contributed by atoms with Gasteiger partial charge in [-0.2, -0.15) is 0 Å². The molecule has 1 aliphatic rings. The number of carbonyl (C=O) groups excluding carboxylic acids is 1. The third-order valence-corrected chi connectivity index (χ3v) is 2.71. The van der Waals surface area contributed by atoms with E-state index in [1.165, 1.54) is 7.11 Å². The Hall–Kier alpha value is -1.77. The van der Waals surface area contributed by atoms with E-state index in [0.29, 0.717) is 6.42 Å². The first-order valence-corrected chi connectivity index (χ1v) is 5.36. The van der Waals surface area contributed by atoms with Crippen molar-refractivity contribution in [3.63, 3.8) is 0 Å². The molecule has 0 amide bonds. The summed E-state index contributed by atoms with van der Waals surface area (Å²) in [6, 6.07) is 7.97. The summed E-state index contributed by atoms with van der Waals surface area (Å²) >= 11 is 0. The Labute approximate surface area is 95.3 Å². The molecule has 84 valence electrons. The molecule has 0 unspecified atom stereocenters. The molecule has 0 saturated heterocycles. The molecule has 0 aromatic heterocycles. The smallest absolute Gasteiger partial charge is 0.310 e. The molecule has 3 heteroatoms. The lowest BCUT2D eigenvalue weighted by Gasteiger charge is -2.20. The standard InChI is InChI=1S/C13H15NO2/c1-16-13(15)10-11-6-2-3-7-12(11)14-8-4-5-9-14/h2-7H,8-10H2,1H3. The molecule has 1 aromatic rings. The molecule has 0 aliphatic carbocycles. The predicted molar refractivity (Wildman–Crippen MR) is 63.5 cm³/mol. The van der Waals surface area contributed by atoms with Gasteiger partial charge in [0.1, 0.15) is 0 Å². The van der Waals surface area contributed by atoms with E-state index in [0.717, 1.165) is 24.3 Å². The van der Waals surface area contributed by atoms with E-state index < -0.39 is 0 Å². The van der Waals surface area contributed by atoms with Crippen LogP contribution in [-0.4, -0.2) is 26.2 Å². The average Bonchev–Trinajstić information content (AvgIpc) is 2.83. The van der Waals surface area contributed by atoms with Gasteiger partial charge in [0.05, 0.1) is 13.5 Å². The number of carbonyl (C=O) groups is 1. The zero-order chi connectivity index (χ0) is 11.4. The minimum atomic E-state index is -0.195. The van der Waals surface area contributed by atoms with E-state index in [9.17, 15) is 4.79 Å². The first-order valence-electron chi connectivity index (χ1n) is 5.36. The molecule has 0 bridgehead atoms. The number of hydrogen-bond donors (Lipinski definition) is 0. The third-order valence-electron chi connectivity index (χ3n) is 2.71. The summed E-state index contributed by atoms with van der Waals surface area (Å²) < 4.78 is 4.70. The molecule has 0 atom stereocenters. The van der Waals surface area contributed by atoms with Gasteiger partial charge in [0.25, 0.3) is 0 Å². The molecule has 0 saturated carbocycles. The zero-order valence-electron chi connectivity index (χ0n) is 9.35. The SMILES string of the molecule is COC(=O)Cc1ccccc1N1CC=CC1. The molecule has 3 nitrogen and oxygen atoms in total. The Morgan fingerprint density at radius 1 is 1.31 bits per heavy atom. The highest BCUT2D eigenvalue weighted by molar-refractivity contribution is 5.75. The highest BCUT2D eigenvalue weighted by atomic mass is 16.5. The zero-order valence-corrected chi connectivity index (χ0v) is 9.35. The number of benzene rings is 1. The van der Waals surface area contributed by atoms with Crippen LogP contribution in [0.2, 0.25) is 0 Å². The number of hydrogen-bond acceptors (Lipinski definition) is 3. The Morgan fingerprint density at radius 3 is 2.69 bits per heavy atom. The van der Waals surface area contributed by atoms with Crippen LogP contribution in [0.1, 0.15) is 5.56 Å². The van der Waals surface area contributed by atoms with Crippen molar-refractivity contribution in [1.29, 1.82) is 0 Å². The van der Waals surface area contributed by atoms with Gasteiger partial charge in [0, 0.05) is 18.8 Å². The van der Waals surface area contributed by atoms with Crippen LogP contribution in [0.5, 0.6) is 0 Å². The molecule has 16 heavy (non-hydrogen) atoms. The summed E-state index contributed by atoms with van der Waals surface area (Å²) in [5.41, 5.74) is 2.15. The Morgan fingerprint density at radius 2 is 2.00 bits per heavy atom. The van der Waals surface area contributed by atoms with E-state index in [2.05, 4.69) is 17.1 Å². The Kier molecular flexibility index (Phi) is 3.25. The van der Waals surface area contributed by atoms with Gasteiger partial charge in [0.15, 0.2) is 0 Å². The largest absolute Gasteiger partial charge is 0.469 e. The molecule has 0 spiro atoms. The quantitative estimate of drug-likeness (QED) is 0.571. The van der Waals surface area contributed by atoms with E-state index in [-0.39, 0.29) is 5.97 Å². The van der Waals surface area contributed by atoms with Gasteiger partial charge in [-0.25, -0.2) is 0 Å². The van der Waals surface area contributed by atoms with Crippen LogP contribution >= 0.6 is 0 Å². The van der Waals surface area contributed by atoms with Crippen LogP contribution in [0.4, 0.5) is 5.69 Å². The highest BCUT2D eigenvalue weighted by Gasteiger charge is 2.13. The lowest BCUT2D eigenvalue weighted by atomic mass is 10.1. The summed E-state index contributed by atoms with van der Waals surface area (Å²) in [4.78, 5) is 13.5. The van der Waals surface area contributed by atoms with Crippen molar-refractivity contribution in [2.75, 3.05) is 25.1 Å². The number of anilines is 1. The monoisotopic (exact) mass is 217 g/mol. The van der Waals surface area contributed by atoms with Gasteiger partial charge in [-0.3, -0.25) is 4.79 Å². The first kappa shape index (κ1) is 10.7. The predicted octanol–water partition coefficient (Wildman–Crippen LogP) is 1.78. The van der Waals surface area contributed by atoms with E-state index in [1.807, 2.05) is 24.3 Å². The fourth-order valence-electron chi connectivity index (χ4n) is 1.87. The topological polar surface area (TPSA) is 29.5 Å². The molecular weight excluding hydrogens is 202 g/mol. The number of rotatable bonds is 3. The molecule has 1 aromatic carbocycles. The lowest BCUT2D eigenvalue weighted by molar-refractivity contribution is -0.139. The van der Waals surface area contributed by atoms with Crippen LogP contribution in [0.25, 0.3) is 0 Å². The van der Waals surface area contributed by atoms with Crippen LogP contribution in [0.3, 0.4) is 0 Å². The lowest BCUT2D eigenvalue weighted by Crippen LogP contribution is -2.21. The maximum atomic E-state index is 11.3. The fraction of sp³-hybridized carbons (Fsp3) is 0.308. The number of para-hydroxylation sites is 1. The molecule has 2 rings (SSSR count). The van der Waals surface area contributed by atoms with Crippen molar-refractivity contribution in [3.8, 4) is 0 Å². The van der Waals surface area contributed by atoms with Crippen LogP contribution in [-0.2, 0) is 16.0 Å². The van der Waals surface area contributed by atoms with Crippen molar-refractivity contribution in [2.45, 2.75) is 6.42 Å². The van der Waals surface area contributed by atoms with Crippen molar-refractivity contribution in [3.05, 3.63) is 42.0 Å². The van der Waals surface area contributed by atoms with Crippen molar-refractivity contribution < 1.29 is 9.53 Å². The Balaban J connectivity index is 2.20. The van der Waals surface area contributed by atoms with Gasteiger partial charge in [0.2, 0.25) is 0 Å². The number of nitrogens with zero attached hydrogens (tertiary/aromatic N) is 1. The molecule has 0 radical (unpaired) electrons. The normalized spacial score (nSPS) is 14.2. The van der Waals surface area contributed by atoms with Gasteiger partial charge in [-0.1, -0.05) is 30.4 Å². The summed E-state index contributed by atoms with van der Waals surface area (Å²) in [6.07, 6.45) is 4.60. The second-order valence-corrected chi connectivity index (χ2v) is 3.76. The molecule has 1 heterocycles.